The molecule has 0 amide bonds. The van der Waals surface area contributed by atoms with E-state index in [1.165, 1.54) is 0 Å². The van der Waals surface area contributed by atoms with E-state index in [0.717, 1.165) is 10.1 Å². The molecule has 0 spiro atoms. The Bertz CT molecular complexity index is 795. The first-order valence-corrected chi connectivity index (χ1v) is 6.87. The van der Waals surface area contributed by atoms with Crippen LogP contribution in [0.2, 0.25) is 0 Å². The molecule has 0 atom stereocenters. The number of hydrogen-bond donors (Lipinski definition) is 1. The molecule has 0 unspecified atom stereocenters. The Balaban J connectivity index is 1.97. The number of carboxylic acid groups (broad SMARTS) is 1. The molecule has 0 saturated carbocycles. The van der Waals surface area contributed by atoms with E-state index >= 15 is 0 Å². The zero-order valence-electron chi connectivity index (χ0n) is 10.7. The maximum atomic E-state index is 11.0. The van der Waals surface area contributed by atoms with Gasteiger partial charge in [-0.3, -0.25) is 0 Å². The molecule has 100 valence electrons. The zero-order chi connectivity index (χ0) is 14.1. The minimum absolute atomic E-state index is 0.277. The predicted octanol–water partition coefficient (Wildman–Crippen LogP) is 4.10. The topological polar surface area (TPSA) is 59.4 Å². The molecule has 1 N–H and O–H groups in total. The van der Waals surface area contributed by atoms with Gasteiger partial charge in [0.25, 0.3) is 0 Å². The van der Waals surface area contributed by atoms with Crippen LogP contribution in [-0.4, -0.2) is 16.1 Å². The number of thiophene rings is 1. The first kappa shape index (κ1) is 12.6. The number of pyridine rings is 1. The second kappa shape index (κ2) is 4.94. The normalized spacial score (nSPS) is 10.7. The van der Waals surface area contributed by atoms with Crippen LogP contribution in [0, 0.1) is 6.92 Å². The van der Waals surface area contributed by atoms with E-state index in [-0.39, 0.29) is 5.56 Å². The number of benzene rings is 1. The molecule has 4 nitrogen and oxygen atoms in total. The molecule has 2 heterocycles. The largest absolute Gasteiger partial charge is 0.478 e. The number of aromatic nitrogens is 1. The average Bonchev–Trinajstić information content (AvgIpc) is 2.87. The van der Waals surface area contributed by atoms with E-state index in [2.05, 4.69) is 4.98 Å². The van der Waals surface area contributed by atoms with Crippen LogP contribution in [0.3, 0.4) is 0 Å². The summed E-state index contributed by atoms with van der Waals surface area (Å²) in [6.45, 7) is 1.74. The molecule has 20 heavy (non-hydrogen) atoms. The molecule has 0 fully saturated rings. The first-order valence-electron chi connectivity index (χ1n) is 5.99. The SMILES string of the molecule is Cc1cc(Oc2nccc3sccc23)ccc1C(=O)O. The summed E-state index contributed by atoms with van der Waals surface area (Å²) in [6.07, 6.45) is 1.70. The van der Waals surface area contributed by atoms with Crippen molar-refractivity contribution in [2.75, 3.05) is 0 Å². The van der Waals surface area contributed by atoms with Gasteiger partial charge in [-0.25, -0.2) is 9.78 Å². The summed E-state index contributed by atoms with van der Waals surface area (Å²) in [5, 5.41) is 11.9. The highest BCUT2D eigenvalue weighted by atomic mass is 32.1. The van der Waals surface area contributed by atoms with E-state index < -0.39 is 5.97 Å². The van der Waals surface area contributed by atoms with Crippen LogP contribution in [-0.2, 0) is 0 Å². The van der Waals surface area contributed by atoms with Crippen LogP contribution in [0.5, 0.6) is 11.6 Å². The minimum atomic E-state index is -0.938. The van der Waals surface area contributed by atoms with Gasteiger partial charge < -0.3 is 9.84 Å². The second-order valence-electron chi connectivity index (χ2n) is 4.33. The fourth-order valence-electron chi connectivity index (χ4n) is 2.00. The third-order valence-electron chi connectivity index (χ3n) is 2.99. The summed E-state index contributed by atoms with van der Waals surface area (Å²) < 4.78 is 6.87. The van der Waals surface area contributed by atoms with E-state index in [0.29, 0.717) is 17.2 Å². The smallest absolute Gasteiger partial charge is 0.335 e. The van der Waals surface area contributed by atoms with Gasteiger partial charge >= 0.3 is 5.97 Å². The number of rotatable bonds is 3. The number of ether oxygens (including phenoxy) is 1. The molecule has 5 heteroatoms. The molecule has 1 aromatic carbocycles. The van der Waals surface area contributed by atoms with Crippen LogP contribution in [0.15, 0.2) is 41.9 Å². The summed E-state index contributed by atoms with van der Waals surface area (Å²) in [5.74, 6) is 0.178. The molecule has 0 aliphatic rings. The monoisotopic (exact) mass is 285 g/mol. The van der Waals surface area contributed by atoms with Crippen molar-refractivity contribution < 1.29 is 14.6 Å². The van der Waals surface area contributed by atoms with Crippen molar-refractivity contribution in [2.45, 2.75) is 6.92 Å². The Morgan fingerprint density at radius 2 is 2.15 bits per heavy atom. The van der Waals surface area contributed by atoms with Gasteiger partial charge in [-0.2, -0.15) is 0 Å². The Morgan fingerprint density at radius 3 is 2.90 bits per heavy atom. The Kier molecular flexibility index (Phi) is 3.12. The van der Waals surface area contributed by atoms with Gasteiger partial charge in [0.05, 0.1) is 10.9 Å². The molecule has 3 aromatic rings. The van der Waals surface area contributed by atoms with Gasteiger partial charge in [-0.1, -0.05) is 0 Å². The van der Waals surface area contributed by atoms with Crippen LogP contribution in [0.25, 0.3) is 10.1 Å². The van der Waals surface area contributed by atoms with Gasteiger partial charge in [0.1, 0.15) is 5.75 Å². The standard InChI is InChI=1S/C15H11NO3S/c1-9-8-10(2-3-11(9)15(17)18)19-14-12-5-7-20-13(12)4-6-16-14/h2-8H,1H3,(H,17,18). The van der Waals surface area contributed by atoms with Gasteiger partial charge in [0.2, 0.25) is 5.88 Å². The average molecular weight is 285 g/mol. The van der Waals surface area contributed by atoms with Gasteiger partial charge in [0.15, 0.2) is 0 Å². The Labute approximate surface area is 119 Å². The molecule has 0 bridgehead atoms. The van der Waals surface area contributed by atoms with Crippen LogP contribution in [0.4, 0.5) is 0 Å². The predicted molar refractivity (Wildman–Crippen MR) is 77.8 cm³/mol. The van der Waals surface area contributed by atoms with Crippen molar-refractivity contribution in [3.8, 4) is 11.6 Å². The molecular formula is C15H11NO3S. The summed E-state index contributed by atoms with van der Waals surface area (Å²) in [6, 6.07) is 8.78. The number of nitrogens with zero attached hydrogens (tertiary/aromatic N) is 1. The lowest BCUT2D eigenvalue weighted by Gasteiger charge is -2.08. The molecule has 0 saturated heterocycles. The first-order chi connectivity index (χ1) is 9.65. The lowest BCUT2D eigenvalue weighted by Crippen LogP contribution is -1.99. The van der Waals surface area contributed by atoms with Crippen molar-refractivity contribution >= 4 is 27.4 Å². The number of aromatic carboxylic acids is 1. The van der Waals surface area contributed by atoms with Crippen LogP contribution < -0.4 is 4.74 Å². The highest BCUT2D eigenvalue weighted by molar-refractivity contribution is 7.17. The molecule has 2 aromatic heterocycles. The summed E-state index contributed by atoms with van der Waals surface area (Å²) in [7, 11) is 0. The van der Waals surface area contributed by atoms with Crippen molar-refractivity contribution in [1.82, 2.24) is 4.98 Å². The zero-order valence-corrected chi connectivity index (χ0v) is 11.5. The second-order valence-corrected chi connectivity index (χ2v) is 5.28. The third kappa shape index (κ3) is 2.23. The molecule has 3 rings (SSSR count). The van der Waals surface area contributed by atoms with Crippen LogP contribution in [0.1, 0.15) is 15.9 Å². The lowest BCUT2D eigenvalue weighted by atomic mass is 10.1. The molecule has 0 aliphatic heterocycles. The number of carboxylic acids is 1. The highest BCUT2D eigenvalue weighted by Crippen LogP contribution is 2.31. The van der Waals surface area contributed by atoms with Gasteiger partial charge in [0, 0.05) is 10.9 Å². The summed E-state index contributed by atoms with van der Waals surface area (Å²) in [4.78, 5) is 15.2. The Morgan fingerprint density at radius 1 is 1.30 bits per heavy atom. The fraction of sp³-hybridized carbons (Fsp3) is 0.0667. The summed E-state index contributed by atoms with van der Waals surface area (Å²) >= 11 is 1.62. The van der Waals surface area contributed by atoms with Gasteiger partial charge in [-0.05, 0) is 48.2 Å². The summed E-state index contributed by atoms with van der Waals surface area (Å²) in [5.41, 5.74) is 0.937. The maximum absolute atomic E-state index is 11.0. The number of fused-ring (bicyclic) bond motifs is 1. The van der Waals surface area contributed by atoms with E-state index in [1.54, 1.807) is 42.7 Å². The fourth-order valence-corrected chi connectivity index (χ4v) is 2.77. The minimum Gasteiger partial charge on any atom is -0.478 e. The van der Waals surface area contributed by atoms with E-state index in [1.807, 2.05) is 17.5 Å². The van der Waals surface area contributed by atoms with Crippen molar-refractivity contribution in [3.63, 3.8) is 0 Å². The molecular weight excluding hydrogens is 274 g/mol. The quantitative estimate of drug-likeness (QED) is 0.787. The van der Waals surface area contributed by atoms with Crippen molar-refractivity contribution in [2.24, 2.45) is 0 Å². The highest BCUT2D eigenvalue weighted by Gasteiger charge is 2.10. The molecule has 0 radical (unpaired) electrons. The van der Waals surface area contributed by atoms with Gasteiger partial charge in [-0.15, -0.1) is 11.3 Å². The van der Waals surface area contributed by atoms with Crippen molar-refractivity contribution in [1.29, 1.82) is 0 Å². The number of aryl methyl sites for hydroxylation is 1. The number of carbonyl (C=O) groups is 1. The third-order valence-corrected chi connectivity index (χ3v) is 3.87. The Hall–Kier alpha value is -2.40. The van der Waals surface area contributed by atoms with E-state index in [4.69, 9.17) is 9.84 Å². The van der Waals surface area contributed by atoms with Crippen molar-refractivity contribution in [3.05, 3.63) is 53.0 Å². The number of hydrogen-bond acceptors (Lipinski definition) is 4. The van der Waals surface area contributed by atoms with E-state index in [9.17, 15) is 4.79 Å². The maximum Gasteiger partial charge on any atom is 0.335 e. The lowest BCUT2D eigenvalue weighted by molar-refractivity contribution is 0.0696. The molecule has 0 aliphatic carbocycles. The van der Waals surface area contributed by atoms with Crippen LogP contribution >= 0.6 is 11.3 Å².